The van der Waals surface area contributed by atoms with Gasteiger partial charge < -0.3 is 30.6 Å². The number of carbonyl (C=O) groups excluding carboxylic acids is 2. The second-order valence-electron chi connectivity index (χ2n) is 10.2. The lowest BCUT2D eigenvalue weighted by molar-refractivity contribution is -0.134. The number of fused-ring (bicyclic) bond motifs is 1. The molecule has 2 aromatic carbocycles. The van der Waals surface area contributed by atoms with Crippen LogP contribution < -0.4 is 15.4 Å². The molecule has 37 heavy (non-hydrogen) atoms. The topological polar surface area (TPSA) is 114 Å². The van der Waals surface area contributed by atoms with Crippen LogP contribution in [0.3, 0.4) is 0 Å². The predicted molar refractivity (Wildman–Crippen MR) is 137 cm³/mol. The molecule has 3 aliphatic rings. The Hall–Kier alpha value is -3.14. The number of carbonyl (C=O) groups is 2. The van der Waals surface area contributed by atoms with Crippen molar-refractivity contribution in [2.75, 3.05) is 39.3 Å². The van der Waals surface area contributed by atoms with Gasteiger partial charge in [-0.25, -0.2) is 0 Å². The summed E-state index contributed by atoms with van der Waals surface area (Å²) in [7, 11) is 0. The summed E-state index contributed by atoms with van der Waals surface area (Å²) in [5.41, 5.74) is 2.60. The van der Waals surface area contributed by atoms with Crippen molar-refractivity contribution in [3.63, 3.8) is 0 Å². The molecule has 2 aromatic rings. The molecule has 5 rings (SSSR count). The van der Waals surface area contributed by atoms with E-state index in [4.69, 9.17) is 4.74 Å². The summed E-state index contributed by atoms with van der Waals surface area (Å²) in [6.07, 6.45) is 2.72. The fourth-order valence-electron chi connectivity index (χ4n) is 5.53. The Balaban J connectivity index is 1.58. The molecule has 0 spiro atoms. The van der Waals surface area contributed by atoms with Gasteiger partial charge in [0, 0.05) is 50.7 Å². The van der Waals surface area contributed by atoms with Crippen molar-refractivity contribution in [1.82, 2.24) is 20.6 Å². The molecule has 3 unspecified atom stereocenters. The molecule has 0 fully saturated rings. The van der Waals surface area contributed by atoms with Gasteiger partial charge in [-0.15, -0.1) is 0 Å². The van der Waals surface area contributed by atoms with E-state index in [0.717, 1.165) is 36.0 Å². The summed E-state index contributed by atoms with van der Waals surface area (Å²) in [4.78, 5) is 28.9. The Morgan fingerprint density at radius 3 is 2.41 bits per heavy atom. The zero-order valence-electron chi connectivity index (χ0n) is 21.1. The van der Waals surface area contributed by atoms with Gasteiger partial charge in [-0.1, -0.05) is 18.2 Å². The Morgan fingerprint density at radius 1 is 0.865 bits per heavy atom. The maximum absolute atomic E-state index is 14.2. The van der Waals surface area contributed by atoms with Crippen LogP contribution in [0.15, 0.2) is 42.5 Å². The van der Waals surface area contributed by atoms with Gasteiger partial charge in [-0.2, -0.15) is 5.06 Å². The van der Waals surface area contributed by atoms with Gasteiger partial charge in [-0.3, -0.25) is 9.59 Å². The van der Waals surface area contributed by atoms with E-state index in [2.05, 4.69) is 10.6 Å². The van der Waals surface area contributed by atoms with E-state index in [-0.39, 0.29) is 30.0 Å². The van der Waals surface area contributed by atoms with Crippen molar-refractivity contribution in [3.8, 4) is 11.5 Å². The molecule has 198 valence electrons. The first-order valence-corrected chi connectivity index (χ1v) is 13.3. The van der Waals surface area contributed by atoms with Crippen LogP contribution in [0.4, 0.5) is 0 Å². The third-order valence-electron chi connectivity index (χ3n) is 7.52. The number of aromatic hydroxyl groups is 1. The minimum atomic E-state index is -0.535. The molecular formula is C28H36N4O5. The van der Waals surface area contributed by atoms with Crippen molar-refractivity contribution in [3.05, 3.63) is 59.2 Å². The Bertz CT molecular complexity index is 1110. The molecule has 4 N–H and O–H groups in total. The van der Waals surface area contributed by atoms with Crippen molar-refractivity contribution < 1.29 is 24.6 Å². The van der Waals surface area contributed by atoms with Gasteiger partial charge in [0.1, 0.15) is 23.5 Å². The molecule has 3 atom stereocenters. The van der Waals surface area contributed by atoms with E-state index in [1.807, 2.05) is 23.1 Å². The number of nitrogens with one attached hydrogen (secondary N) is 2. The normalized spacial score (nSPS) is 26.0. The molecule has 0 saturated heterocycles. The van der Waals surface area contributed by atoms with E-state index in [1.54, 1.807) is 24.3 Å². The number of hydroxylamine groups is 2. The smallest absolute Gasteiger partial charge is 0.234 e. The molecular weight excluding hydrogens is 472 g/mol. The van der Waals surface area contributed by atoms with Gasteiger partial charge in [0.15, 0.2) is 0 Å². The minimum absolute atomic E-state index is 0.00277. The minimum Gasteiger partial charge on any atom is -0.508 e. The summed E-state index contributed by atoms with van der Waals surface area (Å²) in [6, 6.07) is 12.5. The van der Waals surface area contributed by atoms with Crippen molar-refractivity contribution >= 4 is 11.8 Å². The lowest BCUT2D eigenvalue weighted by atomic mass is 9.87. The molecule has 0 aromatic heterocycles. The number of rotatable bonds is 1. The first-order chi connectivity index (χ1) is 18.0. The summed E-state index contributed by atoms with van der Waals surface area (Å²) < 4.78 is 6.39. The number of amides is 2. The molecule has 3 aliphatic heterocycles. The highest BCUT2D eigenvalue weighted by atomic mass is 16.5. The van der Waals surface area contributed by atoms with Gasteiger partial charge in [-0.05, 0) is 67.6 Å². The van der Waals surface area contributed by atoms with Crippen LogP contribution in [0.25, 0.3) is 0 Å². The molecule has 4 bridgehead atoms. The fourth-order valence-corrected chi connectivity index (χ4v) is 5.53. The second-order valence-corrected chi connectivity index (χ2v) is 10.2. The molecule has 0 aliphatic carbocycles. The van der Waals surface area contributed by atoms with E-state index < -0.39 is 12.0 Å². The fraction of sp³-hybridized carbons (Fsp3) is 0.500. The van der Waals surface area contributed by atoms with Crippen LogP contribution in [-0.2, 0) is 9.59 Å². The number of ether oxygens (including phenoxy) is 1. The summed E-state index contributed by atoms with van der Waals surface area (Å²) >= 11 is 0. The van der Waals surface area contributed by atoms with Crippen LogP contribution in [0.2, 0.25) is 0 Å². The number of nitrogens with zero attached hydrogens (tertiary/aromatic N) is 2. The number of hydrogen-bond donors (Lipinski definition) is 4. The predicted octanol–water partition coefficient (Wildman–Crippen LogP) is 2.85. The van der Waals surface area contributed by atoms with Crippen LogP contribution in [0, 0.1) is 0 Å². The SMILES string of the molecule is O=C1CC2NCCCN(O)CCCCN(CCCN1)C(=O)C1c3cc2ccc3OC1c1ccc(O)cc1. The maximum atomic E-state index is 14.2. The van der Waals surface area contributed by atoms with Crippen molar-refractivity contribution in [2.45, 2.75) is 50.2 Å². The van der Waals surface area contributed by atoms with E-state index >= 15 is 0 Å². The lowest BCUT2D eigenvalue weighted by Gasteiger charge is -2.29. The highest BCUT2D eigenvalue weighted by molar-refractivity contribution is 5.87. The van der Waals surface area contributed by atoms with Gasteiger partial charge in [0.2, 0.25) is 11.8 Å². The quantitative estimate of drug-likeness (QED) is 0.468. The van der Waals surface area contributed by atoms with E-state index in [0.29, 0.717) is 51.4 Å². The summed E-state index contributed by atoms with van der Waals surface area (Å²) in [6.45, 7) is 3.34. The average Bonchev–Trinajstić information content (AvgIpc) is 3.27. The monoisotopic (exact) mass is 508 g/mol. The Labute approximate surface area is 217 Å². The Kier molecular flexibility index (Phi) is 7.93. The number of phenolic OH excluding ortho intramolecular Hbond substituents is 1. The standard InChI is InChI=1S/C28H36N4O5/c33-21-8-5-19(6-9-21)27-26-22-17-20(7-10-24(22)37-27)23-18-25(34)30-12-3-14-31(28(26)35)13-1-2-15-32(36)16-4-11-29-23/h5-10,17,23,26-27,29,33,36H,1-4,11-16,18H2,(H,30,34). The van der Waals surface area contributed by atoms with Crippen molar-refractivity contribution in [1.29, 1.82) is 0 Å². The van der Waals surface area contributed by atoms with E-state index in [1.165, 1.54) is 5.06 Å². The van der Waals surface area contributed by atoms with Gasteiger partial charge >= 0.3 is 0 Å². The second kappa shape index (κ2) is 11.5. The Morgan fingerprint density at radius 2 is 1.57 bits per heavy atom. The van der Waals surface area contributed by atoms with Crippen molar-refractivity contribution in [2.24, 2.45) is 0 Å². The lowest BCUT2D eigenvalue weighted by Crippen LogP contribution is -2.39. The van der Waals surface area contributed by atoms with Crippen LogP contribution in [-0.4, -0.2) is 71.4 Å². The zero-order valence-corrected chi connectivity index (χ0v) is 21.1. The number of phenols is 1. The third kappa shape index (κ3) is 5.89. The molecule has 2 amide bonds. The van der Waals surface area contributed by atoms with E-state index in [9.17, 15) is 19.9 Å². The first-order valence-electron chi connectivity index (χ1n) is 13.3. The number of benzene rings is 2. The zero-order chi connectivity index (χ0) is 25.8. The highest BCUT2D eigenvalue weighted by Gasteiger charge is 2.43. The maximum Gasteiger partial charge on any atom is 0.234 e. The van der Waals surface area contributed by atoms with Gasteiger partial charge in [0.25, 0.3) is 0 Å². The molecule has 0 saturated carbocycles. The largest absolute Gasteiger partial charge is 0.508 e. The van der Waals surface area contributed by atoms with Crippen LogP contribution >= 0.6 is 0 Å². The molecule has 3 heterocycles. The molecule has 9 nitrogen and oxygen atoms in total. The van der Waals surface area contributed by atoms with Crippen LogP contribution in [0.5, 0.6) is 11.5 Å². The number of hydrogen-bond acceptors (Lipinski definition) is 7. The molecule has 0 radical (unpaired) electrons. The first kappa shape index (κ1) is 25.5. The third-order valence-corrected chi connectivity index (χ3v) is 7.52. The molecule has 9 heteroatoms. The van der Waals surface area contributed by atoms with Crippen LogP contribution in [0.1, 0.15) is 66.9 Å². The van der Waals surface area contributed by atoms with Gasteiger partial charge in [0.05, 0.1) is 0 Å². The average molecular weight is 509 g/mol. The summed E-state index contributed by atoms with van der Waals surface area (Å²) in [5.74, 6) is 0.270. The summed E-state index contributed by atoms with van der Waals surface area (Å²) in [5, 5.41) is 28.0. The highest BCUT2D eigenvalue weighted by Crippen LogP contribution is 2.48.